The van der Waals surface area contributed by atoms with Crippen LogP contribution in [-0.2, 0) is 14.6 Å². The molecule has 6 heteroatoms. The number of aliphatic carboxylic acids is 1. The van der Waals surface area contributed by atoms with Crippen molar-refractivity contribution < 1.29 is 23.1 Å². The predicted molar refractivity (Wildman–Crippen MR) is 70.1 cm³/mol. The third kappa shape index (κ3) is 4.48. The van der Waals surface area contributed by atoms with Crippen molar-refractivity contribution in [2.24, 2.45) is 0 Å². The number of carbonyl (C=O) groups is 2. The molecule has 0 amide bonds. The summed E-state index contributed by atoms with van der Waals surface area (Å²) in [4.78, 5) is 22.4. The molecular weight excluding hydrogens is 268 g/mol. The van der Waals surface area contributed by atoms with Gasteiger partial charge in [-0.05, 0) is 25.5 Å². The second-order valence-electron chi connectivity index (χ2n) is 4.44. The molecule has 19 heavy (non-hydrogen) atoms. The molecule has 1 aromatic carbocycles. The van der Waals surface area contributed by atoms with Crippen LogP contribution in [0.15, 0.2) is 23.1 Å². The minimum atomic E-state index is -3.47. The van der Waals surface area contributed by atoms with Crippen LogP contribution >= 0.6 is 0 Å². The van der Waals surface area contributed by atoms with Gasteiger partial charge in [0, 0.05) is 24.7 Å². The van der Waals surface area contributed by atoms with Gasteiger partial charge in [-0.25, -0.2) is 8.42 Å². The molecule has 104 valence electrons. The third-order valence-corrected chi connectivity index (χ3v) is 3.78. The summed E-state index contributed by atoms with van der Waals surface area (Å²) in [5.41, 5.74) is 0.932. The van der Waals surface area contributed by atoms with Crippen molar-refractivity contribution in [3.8, 4) is 0 Å². The fourth-order valence-corrected chi connectivity index (χ4v) is 2.61. The van der Waals surface area contributed by atoms with E-state index in [1.54, 1.807) is 13.0 Å². The number of sulfone groups is 1. The molecule has 1 rings (SSSR count). The molecule has 0 saturated carbocycles. The summed E-state index contributed by atoms with van der Waals surface area (Å²) in [6, 6.07) is 4.57. The van der Waals surface area contributed by atoms with E-state index in [9.17, 15) is 18.0 Å². The largest absolute Gasteiger partial charge is 0.481 e. The highest BCUT2D eigenvalue weighted by Gasteiger charge is 2.18. The van der Waals surface area contributed by atoms with Crippen LogP contribution in [0, 0.1) is 6.92 Å². The lowest BCUT2D eigenvalue weighted by Gasteiger charge is -2.08. The van der Waals surface area contributed by atoms with E-state index in [4.69, 9.17) is 5.11 Å². The Bertz CT molecular complexity index is 601. The van der Waals surface area contributed by atoms with Crippen LogP contribution in [0.3, 0.4) is 0 Å². The van der Waals surface area contributed by atoms with E-state index in [1.807, 2.05) is 0 Å². The lowest BCUT2D eigenvalue weighted by molar-refractivity contribution is -0.137. The molecule has 1 N–H and O–H groups in total. The summed E-state index contributed by atoms with van der Waals surface area (Å²) in [6.45, 7) is 1.76. The molecule has 0 fully saturated rings. The van der Waals surface area contributed by atoms with E-state index in [0.29, 0.717) is 0 Å². The summed E-state index contributed by atoms with van der Waals surface area (Å²) >= 11 is 0. The average molecular weight is 284 g/mol. The number of hydrogen-bond acceptors (Lipinski definition) is 4. The van der Waals surface area contributed by atoms with E-state index >= 15 is 0 Å². The highest BCUT2D eigenvalue weighted by Crippen LogP contribution is 2.20. The molecule has 5 nitrogen and oxygen atoms in total. The predicted octanol–water partition coefficient (Wildman–Crippen LogP) is 1.84. The normalized spacial score (nSPS) is 11.3. The zero-order chi connectivity index (χ0) is 14.6. The number of hydrogen-bond donors (Lipinski definition) is 1. The molecule has 0 aliphatic carbocycles. The van der Waals surface area contributed by atoms with Gasteiger partial charge in [-0.1, -0.05) is 11.6 Å². The van der Waals surface area contributed by atoms with Crippen LogP contribution in [0.5, 0.6) is 0 Å². The number of Topliss-reactive ketones (excluding diaryl/α,β-unsaturated/α-hetero) is 1. The number of carboxylic acids is 1. The first kappa shape index (κ1) is 15.4. The van der Waals surface area contributed by atoms with Crippen LogP contribution in [0.2, 0.25) is 0 Å². The summed E-state index contributed by atoms with van der Waals surface area (Å²) < 4.78 is 23.2. The van der Waals surface area contributed by atoms with Gasteiger partial charge in [0.15, 0.2) is 15.6 Å². The molecule has 0 spiro atoms. The zero-order valence-corrected chi connectivity index (χ0v) is 11.7. The standard InChI is InChI=1S/C13H16O5S/c1-9-6-7-12(19(2,17)18)10(8-9)11(14)4-3-5-13(15)16/h6-8H,3-5H2,1-2H3,(H,15,16). The molecule has 0 aliphatic rings. The zero-order valence-electron chi connectivity index (χ0n) is 10.8. The second kappa shape index (κ2) is 5.97. The lowest BCUT2D eigenvalue weighted by atomic mass is 10.0. The molecule has 0 heterocycles. The van der Waals surface area contributed by atoms with Gasteiger partial charge in [0.05, 0.1) is 4.90 Å². The van der Waals surface area contributed by atoms with E-state index < -0.39 is 15.8 Å². The number of ketones is 1. The molecule has 1 aromatic rings. The smallest absolute Gasteiger partial charge is 0.303 e. The van der Waals surface area contributed by atoms with E-state index in [2.05, 4.69) is 0 Å². The number of carboxylic acid groups (broad SMARTS) is 1. The first-order valence-electron chi connectivity index (χ1n) is 5.77. The van der Waals surface area contributed by atoms with E-state index in [1.165, 1.54) is 12.1 Å². The maximum Gasteiger partial charge on any atom is 0.303 e. The number of carbonyl (C=O) groups excluding carboxylic acids is 1. The highest BCUT2D eigenvalue weighted by molar-refractivity contribution is 7.90. The Labute approximate surface area is 112 Å². The molecule has 0 bridgehead atoms. The van der Waals surface area contributed by atoms with Crippen molar-refractivity contribution in [3.63, 3.8) is 0 Å². The monoisotopic (exact) mass is 284 g/mol. The molecule has 0 unspecified atom stereocenters. The maximum absolute atomic E-state index is 12.0. The molecular formula is C13H16O5S. The van der Waals surface area contributed by atoms with Crippen molar-refractivity contribution in [2.75, 3.05) is 6.26 Å². The Kier molecular flexibility index (Phi) is 4.83. The molecule has 0 saturated heterocycles. The van der Waals surface area contributed by atoms with Crippen LogP contribution in [0.1, 0.15) is 35.2 Å². The van der Waals surface area contributed by atoms with Gasteiger partial charge in [-0.2, -0.15) is 0 Å². The summed E-state index contributed by atoms with van der Waals surface area (Å²) in [7, 11) is -3.47. The van der Waals surface area contributed by atoms with Gasteiger partial charge in [-0.15, -0.1) is 0 Å². The Morgan fingerprint density at radius 2 is 1.84 bits per heavy atom. The molecule has 0 aliphatic heterocycles. The van der Waals surface area contributed by atoms with E-state index in [0.717, 1.165) is 11.8 Å². The van der Waals surface area contributed by atoms with Crippen molar-refractivity contribution in [1.29, 1.82) is 0 Å². The van der Waals surface area contributed by atoms with Gasteiger partial charge < -0.3 is 5.11 Å². The average Bonchev–Trinajstić information content (AvgIpc) is 2.26. The fraction of sp³-hybridized carbons (Fsp3) is 0.385. The Hall–Kier alpha value is -1.69. The summed E-state index contributed by atoms with van der Waals surface area (Å²) in [5.74, 6) is -1.31. The van der Waals surface area contributed by atoms with Crippen molar-refractivity contribution in [3.05, 3.63) is 29.3 Å². The number of aryl methyl sites for hydroxylation is 1. The summed E-state index contributed by atoms with van der Waals surface area (Å²) in [6.07, 6.45) is 1.17. The van der Waals surface area contributed by atoms with Gasteiger partial charge in [-0.3, -0.25) is 9.59 Å². The highest BCUT2D eigenvalue weighted by atomic mass is 32.2. The van der Waals surface area contributed by atoms with Crippen LogP contribution < -0.4 is 0 Å². The Morgan fingerprint density at radius 3 is 2.37 bits per heavy atom. The lowest BCUT2D eigenvalue weighted by Crippen LogP contribution is -2.09. The first-order chi connectivity index (χ1) is 8.71. The van der Waals surface area contributed by atoms with Crippen LogP contribution in [0.25, 0.3) is 0 Å². The van der Waals surface area contributed by atoms with Crippen molar-refractivity contribution in [2.45, 2.75) is 31.1 Å². The van der Waals surface area contributed by atoms with Gasteiger partial charge in [0.25, 0.3) is 0 Å². The minimum absolute atomic E-state index is 0.00146. The topological polar surface area (TPSA) is 88.5 Å². The number of benzene rings is 1. The van der Waals surface area contributed by atoms with Gasteiger partial charge in [0.1, 0.15) is 0 Å². The quantitative estimate of drug-likeness (QED) is 0.805. The Morgan fingerprint density at radius 1 is 1.21 bits per heavy atom. The fourth-order valence-electron chi connectivity index (χ4n) is 1.72. The summed E-state index contributed by atoms with van der Waals surface area (Å²) in [5, 5.41) is 8.52. The van der Waals surface area contributed by atoms with Gasteiger partial charge >= 0.3 is 5.97 Å². The van der Waals surface area contributed by atoms with E-state index in [-0.39, 0.29) is 35.5 Å². The Balaban J connectivity index is 3.01. The first-order valence-corrected chi connectivity index (χ1v) is 7.66. The van der Waals surface area contributed by atoms with Crippen LogP contribution in [-0.4, -0.2) is 31.5 Å². The maximum atomic E-state index is 12.0. The van der Waals surface area contributed by atoms with Crippen LogP contribution in [0.4, 0.5) is 0 Å². The SMILES string of the molecule is Cc1ccc(S(C)(=O)=O)c(C(=O)CCCC(=O)O)c1. The van der Waals surface area contributed by atoms with Crippen molar-refractivity contribution in [1.82, 2.24) is 0 Å². The van der Waals surface area contributed by atoms with Crippen molar-refractivity contribution >= 4 is 21.6 Å². The minimum Gasteiger partial charge on any atom is -0.481 e. The van der Waals surface area contributed by atoms with Gasteiger partial charge in [0.2, 0.25) is 0 Å². The number of rotatable bonds is 6. The molecule has 0 atom stereocenters. The third-order valence-electron chi connectivity index (χ3n) is 2.63. The molecule has 0 aromatic heterocycles. The second-order valence-corrected chi connectivity index (χ2v) is 6.43. The molecule has 0 radical (unpaired) electrons.